The topological polar surface area (TPSA) is 49.9 Å². The first-order valence-corrected chi connectivity index (χ1v) is 10.3. The van der Waals surface area contributed by atoms with Gasteiger partial charge in [-0.05, 0) is 68.7 Å². The first-order valence-electron chi connectivity index (χ1n) is 10.3. The smallest absolute Gasteiger partial charge is 0.254 e. The van der Waals surface area contributed by atoms with Gasteiger partial charge in [0.2, 0.25) is 5.91 Å². The number of fused-ring (bicyclic) bond motifs is 2. The van der Waals surface area contributed by atoms with E-state index in [9.17, 15) is 14.0 Å². The third-order valence-corrected chi connectivity index (χ3v) is 5.35. The van der Waals surface area contributed by atoms with E-state index in [1.807, 2.05) is 38.1 Å². The van der Waals surface area contributed by atoms with E-state index in [1.54, 1.807) is 16.8 Å². The molecule has 0 aromatic heterocycles. The molecule has 2 amide bonds. The molecular formula is C24H29FN2O3. The summed E-state index contributed by atoms with van der Waals surface area (Å²) in [7, 11) is 1.80. The standard InChI is InChI=1S/C24H29FN2O3/c1-24(2)17-30-21-8-6-7-18(15-21)16-27(14-5-4-13-26(3)23(24)29)22(28)19-9-11-20(25)12-10-19/h6-12,15H,4-5,13-14,16-17H2,1-3H3. The summed E-state index contributed by atoms with van der Waals surface area (Å²) in [5.74, 6) is 0.198. The van der Waals surface area contributed by atoms with Crippen molar-refractivity contribution in [2.45, 2.75) is 33.2 Å². The number of benzene rings is 2. The Kier molecular flexibility index (Phi) is 6.75. The van der Waals surface area contributed by atoms with Gasteiger partial charge in [0.05, 0.1) is 5.41 Å². The van der Waals surface area contributed by atoms with Crippen molar-refractivity contribution in [3.8, 4) is 5.75 Å². The molecule has 0 unspecified atom stereocenters. The highest BCUT2D eigenvalue weighted by atomic mass is 19.1. The fraction of sp³-hybridized carbons (Fsp3) is 0.417. The monoisotopic (exact) mass is 412 g/mol. The molecule has 0 spiro atoms. The van der Waals surface area contributed by atoms with Crippen molar-refractivity contribution in [3.63, 3.8) is 0 Å². The Morgan fingerprint density at radius 2 is 1.77 bits per heavy atom. The molecule has 0 N–H and O–H groups in total. The van der Waals surface area contributed by atoms with Crippen LogP contribution >= 0.6 is 0 Å². The van der Waals surface area contributed by atoms with Crippen LogP contribution in [0.2, 0.25) is 0 Å². The first-order chi connectivity index (χ1) is 14.3. The van der Waals surface area contributed by atoms with Crippen LogP contribution in [0.3, 0.4) is 0 Å². The van der Waals surface area contributed by atoms with Crippen LogP contribution in [0.1, 0.15) is 42.6 Å². The van der Waals surface area contributed by atoms with Crippen LogP contribution in [0.25, 0.3) is 0 Å². The highest BCUT2D eigenvalue weighted by Gasteiger charge is 2.31. The van der Waals surface area contributed by atoms with Crippen molar-refractivity contribution in [2.75, 3.05) is 26.7 Å². The molecule has 1 heterocycles. The summed E-state index contributed by atoms with van der Waals surface area (Å²) in [4.78, 5) is 29.4. The highest BCUT2D eigenvalue weighted by Crippen LogP contribution is 2.23. The van der Waals surface area contributed by atoms with E-state index in [0.717, 1.165) is 18.4 Å². The lowest BCUT2D eigenvalue weighted by molar-refractivity contribution is -0.140. The second-order valence-corrected chi connectivity index (χ2v) is 8.49. The van der Waals surface area contributed by atoms with Crippen LogP contribution in [0.15, 0.2) is 48.5 Å². The van der Waals surface area contributed by atoms with Crippen LogP contribution in [-0.4, -0.2) is 48.4 Å². The van der Waals surface area contributed by atoms with Crippen molar-refractivity contribution in [2.24, 2.45) is 5.41 Å². The third kappa shape index (κ3) is 5.38. The molecule has 0 fully saturated rings. The number of carbonyl (C=O) groups excluding carboxylic acids is 2. The SMILES string of the molecule is CN1CCCCN(C(=O)c2ccc(F)cc2)Cc2cccc(c2)OCC(C)(C)C1=O. The van der Waals surface area contributed by atoms with Gasteiger partial charge in [-0.25, -0.2) is 4.39 Å². The predicted octanol–water partition coefficient (Wildman–Crippen LogP) is 4.13. The van der Waals surface area contributed by atoms with E-state index in [0.29, 0.717) is 30.9 Å². The molecule has 5 nitrogen and oxygen atoms in total. The van der Waals surface area contributed by atoms with Gasteiger partial charge in [0.1, 0.15) is 18.2 Å². The molecule has 3 rings (SSSR count). The fourth-order valence-electron chi connectivity index (χ4n) is 3.58. The zero-order chi connectivity index (χ0) is 21.7. The van der Waals surface area contributed by atoms with Gasteiger partial charge in [-0.15, -0.1) is 0 Å². The molecule has 2 bridgehead atoms. The lowest BCUT2D eigenvalue weighted by Gasteiger charge is -2.30. The van der Waals surface area contributed by atoms with Gasteiger partial charge in [0, 0.05) is 32.2 Å². The zero-order valence-corrected chi connectivity index (χ0v) is 17.9. The summed E-state index contributed by atoms with van der Waals surface area (Å²) in [5, 5.41) is 0. The maximum absolute atomic E-state index is 13.3. The number of hydrogen-bond acceptors (Lipinski definition) is 3. The maximum Gasteiger partial charge on any atom is 0.254 e. The molecule has 0 atom stereocenters. The summed E-state index contributed by atoms with van der Waals surface area (Å²) in [6, 6.07) is 13.2. The van der Waals surface area contributed by atoms with E-state index in [1.165, 1.54) is 24.3 Å². The molecule has 0 aliphatic carbocycles. The van der Waals surface area contributed by atoms with E-state index >= 15 is 0 Å². The molecule has 0 radical (unpaired) electrons. The minimum Gasteiger partial charge on any atom is -0.492 e. The summed E-state index contributed by atoms with van der Waals surface area (Å²) in [6.45, 7) is 5.66. The van der Waals surface area contributed by atoms with Gasteiger partial charge in [-0.2, -0.15) is 0 Å². The minimum absolute atomic E-state index is 0.0370. The summed E-state index contributed by atoms with van der Waals surface area (Å²) in [6.07, 6.45) is 1.55. The van der Waals surface area contributed by atoms with Crippen LogP contribution < -0.4 is 4.74 Å². The third-order valence-electron chi connectivity index (χ3n) is 5.35. The lowest BCUT2D eigenvalue weighted by atomic mass is 9.92. The average molecular weight is 413 g/mol. The number of halogens is 1. The van der Waals surface area contributed by atoms with E-state index < -0.39 is 5.41 Å². The quantitative estimate of drug-likeness (QED) is 0.708. The Bertz CT molecular complexity index is 896. The van der Waals surface area contributed by atoms with Crippen molar-refractivity contribution >= 4 is 11.8 Å². The largest absolute Gasteiger partial charge is 0.492 e. The minimum atomic E-state index is -0.626. The first kappa shape index (κ1) is 21.8. The second kappa shape index (κ2) is 9.28. The second-order valence-electron chi connectivity index (χ2n) is 8.49. The van der Waals surface area contributed by atoms with E-state index in [-0.39, 0.29) is 24.2 Å². The van der Waals surface area contributed by atoms with Crippen molar-refractivity contribution in [1.29, 1.82) is 0 Å². The molecule has 2 aromatic carbocycles. The molecule has 1 aliphatic heterocycles. The Morgan fingerprint density at radius 1 is 1.07 bits per heavy atom. The maximum atomic E-state index is 13.3. The Labute approximate surface area is 177 Å². The van der Waals surface area contributed by atoms with Gasteiger partial charge < -0.3 is 14.5 Å². The normalized spacial score (nSPS) is 17.8. The number of ether oxygens (including phenoxy) is 1. The molecule has 6 heteroatoms. The van der Waals surface area contributed by atoms with Gasteiger partial charge in [0.15, 0.2) is 0 Å². The van der Waals surface area contributed by atoms with Crippen LogP contribution in [-0.2, 0) is 11.3 Å². The number of carbonyl (C=O) groups is 2. The number of hydrogen-bond donors (Lipinski definition) is 0. The predicted molar refractivity (Wildman–Crippen MR) is 114 cm³/mol. The highest BCUT2D eigenvalue weighted by molar-refractivity contribution is 5.94. The molecule has 30 heavy (non-hydrogen) atoms. The molecule has 0 saturated carbocycles. The van der Waals surface area contributed by atoms with Crippen molar-refractivity contribution < 1.29 is 18.7 Å². The number of rotatable bonds is 1. The van der Waals surface area contributed by atoms with Gasteiger partial charge in [0.25, 0.3) is 5.91 Å². The zero-order valence-electron chi connectivity index (χ0n) is 17.9. The van der Waals surface area contributed by atoms with E-state index in [4.69, 9.17) is 4.74 Å². The summed E-state index contributed by atoms with van der Waals surface area (Å²) in [5.41, 5.74) is 0.777. The average Bonchev–Trinajstić information content (AvgIpc) is 2.73. The van der Waals surface area contributed by atoms with Crippen LogP contribution in [0.4, 0.5) is 4.39 Å². The summed E-state index contributed by atoms with van der Waals surface area (Å²) < 4.78 is 19.2. The van der Waals surface area contributed by atoms with Gasteiger partial charge in [-0.3, -0.25) is 9.59 Å². The molecule has 0 saturated heterocycles. The van der Waals surface area contributed by atoms with Crippen molar-refractivity contribution in [3.05, 3.63) is 65.5 Å². The number of nitrogens with zero attached hydrogens (tertiary/aromatic N) is 2. The molecular weight excluding hydrogens is 383 g/mol. The van der Waals surface area contributed by atoms with Crippen molar-refractivity contribution in [1.82, 2.24) is 9.80 Å². The Balaban J connectivity index is 1.85. The summed E-state index contributed by atoms with van der Waals surface area (Å²) >= 11 is 0. The lowest BCUT2D eigenvalue weighted by Crippen LogP contribution is -2.42. The van der Waals surface area contributed by atoms with Gasteiger partial charge >= 0.3 is 0 Å². The van der Waals surface area contributed by atoms with E-state index in [2.05, 4.69) is 0 Å². The molecule has 2 aromatic rings. The van der Waals surface area contributed by atoms with Crippen LogP contribution in [0, 0.1) is 11.2 Å². The Morgan fingerprint density at radius 3 is 2.50 bits per heavy atom. The molecule has 160 valence electrons. The number of amides is 2. The Hall–Kier alpha value is -2.89. The fourth-order valence-corrected chi connectivity index (χ4v) is 3.58. The molecule has 1 aliphatic rings. The van der Waals surface area contributed by atoms with Crippen LogP contribution in [0.5, 0.6) is 5.75 Å². The van der Waals surface area contributed by atoms with Gasteiger partial charge in [-0.1, -0.05) is 12.1 Å².